The van der Waals surface area contributed by atoms with Gasteiger partial charge in [-0.2, -0.15) is 0 Å². The lowest BCUT2D eigenvalue weighted by Gasteiger charge is -2.21. The van der Waals surface area contributed by atoms with Crippen molar-refractivity contribution in [2.24, 2.45) is 5.92 Å². The zero-order valence-corrected chi connectivity index (χ0v) is 20.8. The molecule has 9 heteroatoms. The van der Waals surface area contributed by atoms with Crippen molar-refractivity contribution in [3.05, 3.63) is 64.7 Å². The Balaban J connectivity index is 1.87. The third kappa shape index (κ3) is 6.15. The Morgan fingerprint density at radius 1 is 1.15 bits per heavy atom. The van der Waals surface area contributed by atoms with Gasteiger partial charge in [0.05, 0.1) is 20.6 Å². The van der Waals surface area contributed by atoms with Gasteiger partial charge in [0.1, 0.15) is 17.7 Å². The van der Waals surface area contributed by atoms with Gasteiger partial charge in [0.25, 0.3) is 0 Å². The first-order valence-electron chi connectivity index (χ1n) is 11.2. The summed E-state index contributed by atoms with van der Waals surface area (Å²) in [5.41, 5.74) is 1.33. The number of ether oxygens (including phenoxy) is 1. The predicted octanol–water partition coefficient (Wildman–Crippen LogP) is 2.76. The van der Waals surface area contributed by atoms with E-state index in [4.69, 9.17) is 4.74 Å². The topological polar surface area (TPSA) is 84.5 Å². The number of carbonyl (C=O) groups excluding carboxylic acids is 3. The summed E-state index contributed by atoms with van der Waals surface area (Å²) < 4.78 is 34.6. The molecule has 0 bridgehead atoms. The highest BCUT2D eigenvalue weighted by Crippen LogP contribution is 2.22. The number of Topliss-reactive ketones (excluding diaryl/α,β-unsaturated/α-hetero) is 1. The van der Waals surface area contributed by atoms with E-state index in [2.05, 4.69) is 10.6 Å². The Labute approximate surface area is 199 Å². The number of amides is 2. The molecule has 2 atom stereocenters. The highest BCUT2D eigenvalue weighted by molar-refractivity contribution is 6.88. The Morgan fingerprint density at radius 3 is 2.38 bits per heavy atom. The van der Waals surface area contributed by atoms with Crippen LogP contribution in [0.4, 0.5) is 8.78 Å². The molecular weight excluding hydrogens is 458 g/mol. The molecule has 6 nitrogen and oxygen atoms in total. The summed E-state index contributed by atoms with van der Waals surface area (Å²) in [6.45, 7) is 6.32. The normalized spacial score (nSPS) is 16.8. The summed E-state index contributed by atoms with van der Waals surface area (Å²) >= 11 is 0. The van der Waals surface area contributed by atoms with Crippen molar-refractivity contribution in [1.29, 1.82) is 0 Å². The Hall–Kier alpha value is -2.91. The highest BCUT2D eigenvalue weighted by atomic mass is 28.3. The van der Waals surface area contributed by atoms with Gasteiger partial charge in [0, 0.05) is 26.5 Å². The van der Waals surface area contributed by atoms with Gasteiger partial charge in [-0.05, 0) is 34.0 Å². The number of halogens is 2. The van der Waals surface area contributed by atoms with Crippen molar-refractivity contribution >= 4 is 30.9 Å². The van der Waals surface area contributed by atoms with Crippen molar-refractivity contribution in [3.63, 3.8) is 0 Å². The van der Waals surface area contributed by atoms with Crippen LogP contribution in [0.25, 0.3) is 0 Å². The molecule has 2 aromatic carbocycles. The third-order valence-electron chi connectivity index (χ3n) is 5.89. The summed E-state index contributed by atoms with van der Waals surface area (Å²) in [5.74, 6) is -2.92. The van der Waals surface area contributed by atoms with Gasteiger partial charge in [-0.25, -0.2) is 8.78 Å². The largest absolute Gasteiger partial charge is 0.380 e. The second kappa shape index (κ2) is 10.6. The molecule has 0 spiro atoms. The van der Waals surface area contributed by atoms with Gasteiger partial charge < -0.3 is 15.4 Å². The molecule has 2 N–H and O–H groups in total. The summed E-state index contributed by atoms with van der Waals surface area (Å²) in [6, 6.07) is 8.14. The van der Waals surface area contributed by atoms with Gasteiger partial charge in [-0.1, -0.05) is 43.9 Å². The maximum Gasteiger partial charge on any atom is 0.226 e. The van der Waals surface area contributed by atoms with E-state index in [0.29, 0.717) is 17.4 Å². The fourth-order valence-electron chi connectivity index (χ4n) is 3.96. The molecule has 0 aromatic heterocycles. The van der Waals surface area contributed by atoms with Crippen LogP contribution in [-0.2, 0) is 32.1 Å². The first-order chi connectivity index (χ1) is 16.0. The SMILES string of the molecule is COCc1ccc([C@@H](NC(=O)[C@H]2CNC(=O)C2)C(=O)Cc2cc(F)c([Si](C)(C)C)cc2F)cc1. The fourth-order valence-corrected chi connectivity index (χ4v) is 5.31. The zero-order valence-electron chi connectivity index (χ0n) is 19.8. The second-order valence-electron chi connectivity index (χ2n) is 9.64. The lowest BCUT2D eigenvalue weighted by molar-refractivity contribution is -0.130. The monoisotopic (exact) mass is 488 g/mol. The van der Waals surface area contributed by atoms with E-state index in [1.54, 1.807) is 31.4 Å². The average molecular weight is 489 g/mol. The Kier molecular flexibility index (Phi) is 7.99. The Bertz CT molecular complexity index is 1080. The van der Waals surface area contributed by atoms with Crippen molar-refractivity contribution in [2.45, 2.75) is 45.1 Å². The van der Waals surface area contributed by atoms with Crippen LogP contribution in [0, 0.1) is 17.6 Å². The van der Waals surface area contributed by atoms with Crippen LogP contribution in [0.15, 0.2) is 36.4 Å². The minimum absolute atomic E-state index is 0.0392. The number of nitrogens with one attached hydrogen (secondary N) is 2. The van der Waals surface area contributed by atoms with Crippen LogP contribution in [-0.4, -0.2) is 39.3 Å². The fraction of sp³-hybridized carbons (Fsp3) is 0.400. The van der Waals surface area contributed by atoms with Crippen molar-refractivity contribution in [3.8, 4) is 0 Å². The van der Waals surface area contributed by atoms with E-state index in [-0.39, 0.29) is 30.9 Å². The van der Waals surface area contributed by atoms with E-state index >= 15 is 0 Å². The molecule has 0 unspecified atom stereocenters. The van der Waals surface area contributed by atoms with Gasteiger partial charge in [-0.15, -0.1) is 0 Å². The molecular formula is C25H30F2N2O4Si. The van der Waals surface area contributed by atoms with E-state index in [9.17, 15) is 23.2 Å². The summed E-state index contributed by atoms with van der Waals surface area (Å²) in [7, 11) is -0.534. The van der Waals surface area contributed by atoms with E-state index in [0.717, 1.165) is 11.6 Å². The lowest BCUT2D eigenvalue weighted by atomic mass is 9.95. The number of hydrogen-bond acceptors (Lipinski definition) is 4. The van der Waals surface area contributed by atoms with Crippen molar-refractivity contribution in [2.75, 3.05) is 13.7 Å². The van der Waals surface area contributed by atoms with E-state index in [1.807, 2.05) is 19.6 Å². The van der Waals surface area contributed by atoms with Crippen molar-refractivity contribution < 1.29 is 27.9 Å². The van der Waals surface area contributed by atoms with Crippen LogP contribution in [0.1, 0.15) is 29.2 Å². The molecule has 1 fully saturated rings. The number of methoxy groups -OCH3 is 1. The zero-order chi connectivity index (χ0) is 25.0. The van der Waals surface area contributed by atoms with Crippen LogP contribution in [0.3, 0.4) is 0 Å². The predicted molar refractivity (Wildman–Crippen MR) is 127 cm³/mol. The van der Waals surface area contributed by atoms with Crippen LogP contribution < -0.4 is 15.8 Å². The number of hydrogen-bond donors (Lipinski definition) is 2. The third-order valence-corrected chi connectivity index (χ3v) is 7.89. The molecule has 1 saturated heterocycles. The molecule has 34 heavy (non-hydrogen) atoms. The van der Waals surface area contributed by atoms with Gasteiger partial charge in [-0.3, -0.25) is 14.4 Å². The minimum atomic E-state index is -2.10. The van der Waals surface area contributed by atoms with Gasteiger partial charge >= 0.3 is 0 Å². The standard InChI is InChI=1S/C25H30F2N2O4Si/c1-33-14-15-5-7-16(8-6-15)24(29-25(32)18-11-23(31)28-13-18)21(30)10-17-9-20(27)22(12-19(17)26)34(2,3)4/h5-9,12,18,24H,10-11,13-14H2,1-4H3,(H,28,31)(H,29,32)/t18-,24-/m1/s1. The Morgan fingerprint density at radius 2 is 1.82 bits per heavy atom. The van der Waals surface area contributed by atoms with Gasteiger partial charge in [0.15, 0.2) is 5.78 Å². The molecule has 2 amide bonds. The molecule has 0 aliphatic carbocycles. The maximum absolute atomic E-state index is 14.8. The summed E-state index contributed by atoms with van der Waals surface area (Å²) in [6.07, 6.45) is -0.348. The van der Waals surface area contributed by atoms with Crippen LogP contribution in [0.5, 0.6) is 0 Å². The number of benzene rings is 2. The number of ketones is 1. The van der Waals surface area contributed by atoms with Gasteiger partial charge in [0.2, 0.25) is 11.8 Å². The van der Waals surface area contributed by atoms with Crippen LogP contribution in [0.2, 0.25) is 19.6 Å². The maximum atomic E-state index is 14.8. The molecule has 3 rings (SSSR count). The molecule has 182 valence electrons. The second-order valence-corrected chi connectivity index (χ2v) is 14.7. The molecule has 0 saturated carbocycles. The molecule has 0 radical (unpaired) electrons. The number of rotatable bonds is 9. The average Bonchev–Trinajstić information content (AvgIpc) is 3.20. The molecule has 1 heterocycles. The molecule has 1 aliphatic rings. The molecule has 1 aliphatic heterocycles. The quantitative estimate of drug-likeness (QED) is 0.532. The van der Waals surface area contributed by atoms with E-state index in [1.165, 1.54) is 6.07 Å². The smallest absolute Gasteiger partial charge is 0.226 e. The van der Waals surface area contributed by atoms with E-state index < -0.39 is 43.4 Å². The minimum Gasteiger partial charge on any atom is -0.380 e. The summed E-state index contributed by atoms with van der Waals surface area (Å²) in [4.78, 5) is 37.6. The summed E-state index contributed by atoms with van der Waals surface area (Å²) in [5, 5.41) is 5.67. The first kappa shape index (κ1) is 25.7. The first-order valence-corrected chi connectivity index (χ1v) is 14.7. The van der Waals surface area contributed by atoms with Crippen molar-refractivity contribution in [1.82, 2.24) is 10.6 Å². The lowest BCUT2D eigenvalue weighted by Crippen LogP contribution is -2.41. The molecule has 2 aromatic rings. The number of carbonyl (C=O) groups is 3. The highest BCUT2D eigenvalue weighted by Gasteiger charge is 2.32. The van der Waals surface area contributed by atoms with Crippen LogP contribution >= 0.6 is 0 Å².